The molecule has 5 atom stereocenters. The summed E-state index contributed by atoms with van der Waals surface area (Å²) in [7, 11) is 0. The molecule has 0 aliphatic rings. The van der Waals surface area contributed by atoms with Crippen molar-refractivity contribution in [3.63, 3.8) is 0 Å². The van der Waals surface area contributed by atoms with Gasteiger partial charge in [0.1, 0.15) is 0 Å². The molecule has 0 aliphatic carbocycles. The van der Waals surface area contributed by atoms with E-state index in [1.807, 2.05) is 34.6 Å². The smallest absolute Gasteiger partial charge is 0.306 e. The first-order valence-corrected chi connectivity index (χ1v) is 19.7. The summed E-state index contributed by atoms with van der Waals surface area (Å²) in [5, 5.41) is 43.0. The van der Waals surface area contributed by atoms with Gasteiger partial charge >= 0.3 is 29.8 Å². The topological polar surface area (TPSA) is 186 Å². The minimum atomic E-state index is -0.643. The van der Waals surface area contributed by atoms with Crippen molar-refractivity contribution in [3.05, 3.63) is 0 Å². The molecule has 0 aliphatic heterocycles. The van der Waals surface area contributed by atoms with Crippen LogP contribution in [-0.2, 0) is 46.4 Å². The number of carboxylic acid groups (broad SMARTS) is 5. The molecule has 0 heterocycles. The van der Waals surface area contributed by atoms with Crippen molar-refractivity contribution in [3.8, 4) is 0 Å². The average molecular weight is 814 g/mol. The normalized spacial score (nSPS) is 12.7. The minimum Gasteiger partial charge on any atom is -0.481 e. The summed E-state index contributed by atoms with van der Waals surface area (Å²) < 4.78 is 0. The number of carboxylic acids is 5. The van der Waals surface area contributed by atoms with E-state index in [2.05, 4.69) is 34.6 Å². The zero-order valence-electron chi connectivity index (χ0n) is 34.3. The van der Waals surface area contributed by atoms with Crippen LogP contribution < -0.4 is 0 Å². The summed E-state index contributed by atoms with van der Waals surface area (Å²) >= 11 is 0. The quantitative estimate of drug-likeness (QED) is 0.0555. The van der Waals surface area contributed by atoms with Gasteiger partial charge in [0.15, 0.2) is 0 Å². The maximum atomic E-state index is 10.4. The van der Waals surface area contributed by atoms with Crippen LogP contribution >= 0.6 is 0 Å². The first kappa shape index (κ1) is 61.1. The van der Waals surface area contributed by atoms with E-state index in [0.29, 0.717) is 0 Å². The monoisotopic (exact) mass is 813 g/mol. The van der Waals surface area contributed by atoms with Gasteiger partial charge < -0.3 is 25.5 Å². The van der Waals surface area contributed by atoms with Crippen LogP contribution in [0.15, 0.2) is 0 Å². The van der Waals surface area contributed by atoms with Crippen LogP contribution in [0.25, 0.3) is 0 Å². The van der Waals surface area contributed by atoms with E-state index in [4.69, 9.17) is 25.5 Å². The van der Waals surface area contributed by atoms with Crippen molar-refractivity contribution in [2.75, 3.05) is 0 Å². The van der Waals surface area contributed by atoms with Crippen LogP contribution in [-0.4, -0.2) is 55.4 Å². The molecule has 0 saturated heterocycles. The predicted octanol–water partition coefficient (Wildman–Crippen LogP) is 11.4. The molecule has 0 spiro atoms. The summed E-state index contributed by atoms with van der Waals surface area (Å²) in [5.74, 6) is -3.77. The Labute approximate surface area is 327 Å². The second kappa shape index (κ2) is 46.1. The zero-order chi connectivity index (χ0) is 39.9. The summed E-state index contributed by atoms with van der Waals surface area (Å²) in [6.07, 6.45) is 18.6. The van der Waals surface area contributed by atoms with Crippen molar-refractivity contribution >= 4 is 29.8 Å². The van der Waals surface area contributed by atoms with E-state index < -0.39 is 29.8 Å². The Hall–Kier alpha value is -1.91. The molecule has 0 amide bonds. The van der Waals surface area contributed by atoms with E-state index in [9.17, 15) is 24.0 Å². The fourth-order valence-electron chi connectivity index (χ4n) is 4.76. The molecule has 0 aromatic heterocycles. The molecular formula is C40H80NbO10. The van der Waals surface area contributed by atoms with E-state index in [1.165, 1.54) is 0 Å². The van der Waals surface area contributed by atoms with Gasteiger partial charge in [-0.2, -0.15) is 0 Å². The molecule has 0 aromatic carbocycles. The van der Waals surface area contributed by atoms with Crippen molar-refractivity contribution in [1.29, 1.82) is 0 Å². The van der Waals surface area contributed by atoms with Gasteiger partial charge in [-0.3, -0.25) is 24.0 Å². The van der Waals surface area contributed by atoms with Crippen LogP contribution in [0.1, 0.15) is 198 Å². The summed E-state index contributed by atoms with van der Waals surface area (Å²) in [5.41, 5.74) is 0. The second-order valence-corrected chi connectivity index (χ2v) is 12.9. The SMILES string of the molecule is CCCCC(CC)C(=O)O.CCCCC(CC)C(=O)O.CCCCC(CC)C(=O)O.CCCCC(CC)C(=O)O.CCCCC(CC)C(=O)O.[Nb]. The Morgan fingerprint density at radius 2 is 0.431 bits per heavy atom. The number of hydrogen-bond acceptors (Lipinski definition) is 5. The third kappa shape index (κ3) is 44.2. The third-order valence-corrected chi connectivity index (χ3v) is 8.74. The van der Waals surface area contributed by atoms with Gasteiger partial charge in [0, 0.05) is 22.4 Å². The molecule has 11 heteroatoms. The van der Waals surface area contributed by atoms with E-state index in [-0.39, 0.29) is 52.0 Å². The Bertz CT molecular complexity index is 655. The molecular weight excluding hydrogens is 733 g/mol. The number of hydrogen-bond donors (Lipinski definition) is 5. The first-order chi connectivity index (χ1) is 23.6. The van der Waals surface area contributed by atoms with Crippen LogP contribution in [0.2, 0.25) is 0 Å². The molecule has 0 fully saturated rings. The average Bonchev–Trinajstić information content (AvgIpc) is 3.07. The summed E-state index contributed by atoms with van der Waals surface area (Å²) in [6, 6.07) is 0. The van der Waals surface area contributed by atoms with Crippen LogP contribution in [0.5, 0.6) is 0 Å². The maximum absolute atomic E-state index is 10.4. The maximum Gasteiger partial charge on any atom is 0.306 e. The van der Waals surface area contributed by atoms with Crippen LogP contribution in [0.3, 0.4) is 0 Å². The van der Waals surface area contributed by atoms with Crippen LogP contribution in [0.4, 0.5) is 0 Å². The molecule has 305 valence electrons. The van der Waals surface area contributed by atoms with Gasteiger partial charge in [-0.25, -0.2) is 0 Å². The molecule has 0 aromatic rings. The molecule has 10 nitrogen and oxygen atoms in total. The third-order valence-electron chi connectivity index (χ3n) is 8.74. The predicted molar refractivity (Wildman–Crippen MR) is 205 cm³/mol. The van der Waals surface area contributed by atoms with Crippen molar-refractivity contribution in [2.24, 2.45) is 29.6 Å². The Morgan fingerprint density at radius 1 is 0.314 bits per heavy atom. The number of rotatable bonds is 25. The van der Waals surface area contributed by atoms with Gasteiger partial charge in [-0.15, -0.1) is 0 Å². The van der Waals surface area contributed by atoms with Crippen molar-refractivity contribution in [2.45, 2.75) is 198 Å². The van der Waals surface area contributed by atoms with E-state index in [1.54, 1.807) is 0 Å². The molecule has 0 rings (SSSR count). The zero-order valence-corrected chi connectivity index (χ0v) is 36.5. The van der Waals surface area contributed by atoms with Gasteiger partial charge in [0.25, 0.3) is 0 Å². The Kier molecular flexibility index (Phi) is 55.3. The minimum absolute atomic E-state index is 0. The molecule has 0 bridgehead atoms. The summed E-state index contributed by atoms with van der Waals surface area (Å²) in [6.45, 7) is 20.0. The number of unbranched alkanes of at least 4 members (excludes halogenated alkanes) is 5. The molecule has 51 heavy (non-hydrogen) atoms. The molecule has 5 N–H and O–H groups in total. The van der Waals surface area contributed by atoms with E-state index in [0.717, 1.165) is 128 Å². The van der Waals surface area contributed by atoms with Gasteiger partial charge in [-0.05, 0) is 64.2 Å². The van der Waals surface area contributed by atoms with E-state index >= 15 is 0 Å². The van der Waals surface area contributed by atoms with Gasteiger partial charge in [-0.1, -0.05) is 133 Å². The van der Waals surface area contributed by atoms with Crippen LogP contribution in [0, 0.1) is 29.6 Å². The fraction of sp³-hybridized carbons (Fsp3) is 0.875. The molecule has 0 saturated carbocycles. The fourth-order valence-corrected chi connectivity index (χ4v) is 4.76. The van der Waals surface area contributed by atoms with Crippen molar-refractivity contribution < 1.29 is 71.9 Å². The molecule has 5 unspecified atom stereocenters. The summed E-state index contributed by atoms with van der Waals surface area (Å²) in [4.78, 5) is 52.2. The molecule has 1 radical (unpaired) electrons. The first-order valence-electron chi connectivity index (χ1n) is 19.7. The standard InChI is InChI=1S/5C8H16O2.Nb/c5*1-3-5-6-7(4-2)8(9)10;/h5*7H,3-6H2,1-2H3,(H,9,10);. The Balaban J connectivity index is -0.000000123. The van der Waals surface area contributed by atoms with Gasteiger partial charge in [0.05, 0.1) is 29.6 Å². The number of aliphatic carboxylic acids is 5. The number of carbonyl (C=O) groups is 5. The van der Waals surface area contributed by atoms with Gasteiger partial charge in [0.2, 0.25) is 0 Å². The largest absolute Gasteiger partial charge is 0.481 e. The Morgan fingerprint density at radius 3 is 0.490 bits per heavy atom. The van der Waals surface area contributed by atoms with Crippen molar-refractivity contribution in [1.82, 2.24) is 0 Å². The second-order valence-electron chi connectivity index (χ2n) is 12.9.